The van der Waals surface area contributed by atoms with Crippen LogP contribution in [-0.2, 0) is 4.79 Å². The van der Waals surface area contributed by atoms with Crippen LogP contribution in [0.3, 0.4) is 0 Å². The standard InChI is InChI=1S/C5H5FO/c6-4-1-2-5(7)3-4/h1H,2-3H2. The van der Waals surface area contributed by atoms with Gasteiger partial charge in [-0.1, -0.05) is 0 Å². The highest BCUT2D eigenvalue weighted by Gasteiger charge is 2.10. The van der Waals surface area contributed by atoms with Gasteiger partial charge in [0.2, 0.25) is 0 Å². The molecule has 0 amide bonds. The van der Waals surface area contributed by atoms with Crippen molar-refractivity contribution in [2.24, 2.45) is 0 Å². The summed E-state index contributed by atoms with van der Waals surface area (Å²) in [6.45, 7) is 0. The lowest BCUT2D eigenvalue weighted by atomic mass is 10.3. The Kier molecular flexibility index (Phi) is 0.929. The third-order valence-electron chi connectivity index (χ3n) is 0.917. The summed E-state index contributed by atoms with van der Waals surface area (Å²) in [5.74, 6) is -0.289. The van der Waals surface area contributed by atoms with E-state index in [-0.39, 0.29) is 18.0 Å². The Labute approximate surface area is 40.8 Å². The molecule has 0 atom stereocenters. The van der Waals surface area contributed by atoms with Gasteiger partial charge in [0, 0.05) is 6.42 Å². The molecule has 0 aromatic carbocycles. The first-order valence-electron chi connectivity index (χ1n) is 2.15. The third-order valence-corrected chi connectivity index (χ3v) is 0.917. The molecule has 1 aliphatic carbocycles. The van der Waals surface area contributed by atoms with Crippen LogP contribution >= 0.6 is 0 Å². The summed E-state index contributed by atoms with van der Waals surface area (Å²) < 4.78 is 11.8. The SMILES string of the molecule is O=C1CC=C(F)C1. The molecule has 0 aliphatic heterocycles. The van der Waals surface area contributed by atoms with Gasteiger partial charge in [0.15, 0.2) is 0 Å². The van der Waals surface area contributed by atoms with Gasteiger partial charge >= 0.3 is 0 Å². The lowest BCUT2D eigenvalue weighted by molar-refractivity contribution is -0.117. The van der Waals surface area contributed by atoms with Crippen molar-refractivity contribution in [3.05, 3.63) is 11.9 Å². The van der Waals surface area contributed by atoms with Crippen LogP contribution in [0.25, 0.3) is 0 Å². The highest BCUT2D eigenvalue weighted by molar-refractivity contribution is 5.84. The van der Waals surface area contributed by atoms with E-state index in [0.717, 1.165) is 0 Å². The topological polar surface area (TPSA) is 17.1 Å². The van der Waals surface area contributed by atoms with Crippen molar-refractivity contribution in [1.82, 2.24) is 0 Å². The van der Waals surface area contributed by atoms with E-state index in [9.17, 15) is 9.18 Å². The highest BCUT2D eigenvalue weighted by Crippen LogP contribution is 2.13. The minimum Gasteiger partial charge on any atom is -0.299 e. The van der Waals surface area contributed by atoms with Gasteiger partial charge in [-0.2, -0.15) is 0 Å². The predicted octanol–water partition coefficient (Wildman–Crippen LogP) is 1.20. The Bertz CT molecular complexity index is 126. The number of allylic oxidation sites excluding steroid dienone is 2. The summed E-state index contributed by atoms with van der Waals surface area (Å²) in [7, 11) is 0. The van der Waals surface area contributed by atoms with Gasteiger partial charge in [-0.15, -0.1) is 0 Å². The monoisotopic (exact) mass is 100 g/mol. The van der Waals surface area contributed by atoms with Crippen molar-refractivity contribution < 1.29 is 9.18 Å². The average molecular weight is 100 g/mol. The molecule has 0 saturated carbocycles. The van der Waals surface area contributed by atoms with Crippen LogP contribution < -0.4 is 0 Å². The van der Waals surface area contributed by atoms with Gasteiger partial charge in [-0.05, 0) is 6.08 Å². The average Bonchev–Trinajstić information content (AvgIpc) is 1.87. The molecule has 1 rings (SSSR count). The minimum absolute atomic E-state index is 0.0162. The van der Waals surface area contributed by atoms with Crippen LogP contribution in [0, 0.1) is 0 Å². The van der Waals surface area contributed by atoms with Crippen LogP contribution in [0.4, 0.5) is 4.39 Å². The Hall–Kier alpha value is -0.660. The van der Waals surface area contributed by atoms with Crippen molar-refractivity contribution >= 4 is 5.78 Å². The first-order valence-corrected chi connectivity index (χ1v) is 2.15. The van der Waals surface area contributed by atoms with Crippen molar-refractivity contribution in [3.8, 4) is 0 Å². The Morgan fingerprint density at radius 2 is 2.43 bits per heavy atom. The lowest BCUT2D eigenvalue weighted by Gasteiger charge is -1.76. The molecular formula is C5H5FO. The van der Waals surface area contributed by atoms with Crippen LogP contribution in [0.2, 0.25) is 0 Å². The lowest BCUT2D eigenvalue weighted by Crippen LogP contribution is -1.84. The number of rotatable bonds is 0. The van der Waals surface area contributed by atoms with Crippen molar-refractivity contribution in [1.29, 1.82) is 0 Å². The second-order valence-electron chi connectivity index (χ2n) is 1.57. The van der Waals surface area contributed by atoms with Gasteiger partial charge in [0.05, 0.1) is 6.42 Å². The van der Waals surface area contributed by atoms with Gasteiger partial charge in [0.1, 0.15) is 11.6 Å². The van der Waals surface area contributed by atoms with Crippen LogP contribution in [0.1, 0.15) is 12.8 Å². The first-order chi connectivity index (χ1) is 3.29. The van der Waals surface area contributed by atoms with Gasteiger partial charge < -0.3 is 0 Å². The molecule has 0 fully saturated rings. The molecule has 0 unspecified atom stereocenters. The summed E-state index contributed by atoms with van der Waals surface area (Å²) >= 11 is 0. The van der Waals surface area contributed by atoms with Crippen LogP contribution in [0.15, 0.2) is 11.9 Å². The third kappa shape index (κ3) is 0.856. The zero-order chi connectivity index (χ0) is 5.28. The van der Waals surface area contributed by atoms with E-state index in [4.69, 9.17) is 0 Å². The largest absolute Gasteiger partial charge is 0.299 e. The van der Waals surface area contributed by atoms with Gasteiger partial charge in [0.25, 0.3) is 0 Å². The molecule has 2 heteroatoms. The van der Waals surface area contributed by atoms with E-state index in [1.807, 2.05) is 0 Å². The molecule has 1 aliphatic rings. The summed E-state index contributed by atoms with van der Waals surface area (Å²) in [6, 6.07) is 0. The summed E-state index contributed by atoms with van der Waals surface area (Å²) in [4.78, 5) is 10.2. The predicted molar refractivity (Wildman–Crippen MR) is 23.4 cm³/mol. The van der Waals surface area contributed by atoms with E-state index in [1.54, 1.807) is 0 Å². The molecule has 7 heavy (non-hydrogen) atoms. The molecule has 38 valence electrons. The Morgan fingerprint density at radius 1 is 1.71 bits per heavy atom. The van der Waals surface area contributed by atoms with E-state index in [2.05, 4.69) is 0 Å². The summed E-state index contributed by atoms with van der Waals surface area (Å²) in [5.41, 5.74) is 0. The zero-order valence-electron chi connectivity index (χ0n) is 3.78. The molecule has 0 radical (unpaired) electrons. The number of carbonyl (C=O) groups excluding carboxylic acids is 1. The summed E-state index contributed by atoms with van der Waals surface area (Å²) in [6.07, 6.45) is 1.65. The quantitative estimate of drug-likeness (QED) is 0.447. The zero-order valence-corrected chi connectivity index (χ0v) is 3.78. The number of hydrogen-bond acceptors (Lipinski definition) is 1. The second kappa shape index (κ2) is 1.45. The number of carbonyl (C=O) groups is 1. The Morgan fingerprint density at radius 3 is 2.57 bits per heavy atom. The Balaban J connectivity index is 2.58. The molecule has 1 nitrogen and oxygen atoms in total. The molecule has 0 spiro atoms. The summed E-state index contributed by atoms with van der Waals surface area (Å²) in [5, 5.41) is 0. The highest BCUT2D eigenvalue weighted by atomic mass is 19.1. The maximum absolute atomic E-state index is 11.8. The number of hydrogen-bond donors (Lipinski definition) is 0. The fourth-order valence-electron chi connectivity index (χ4n) is 0.557. The van der Waals surface area contributed by atoms with Gasteiger partial charge in [-0.25, -0.2) is 4.39 Å². The maximum atomic E-state index is 11.8. The van der Waals surface area contributed by atoms with E-state index >= 15 is 0 Å². The fraction of sp³-hybridized carbons (Fsp3) is 0.400. The van der Waals surface area contributed by atoms with Crippen LogP contribution in [0.5, 0.6) is 0 Å². The molecule has 0 saturated heterocycles. The molecule has 0 N–H and O–H groups in total. The normalized spacial score (nSPS) is 20.1. The van der Waals surface area contributed by atoms with Gasteiger partial charge in [-0.3, -0.25) is 4.79 Å². The molecule has 0 heterocycles. The molecule has 0 aromatic rings. The van der Waals surface area contributed by atoms with Crippen molar-refractivity contribution in [2.45, 2.75) is 12.8 Å². The van der Waals surface area contributed by atoms with E-state index in [0.29, 0.717) is 6.42 Å². The number of Topliss-reactive ketones (excluding diaryl/α,β-unsaturated/α-hetero) is 1. The number of ketones is 1. The number of halogens is 1. The molecule has 0 aromatic heterocycles. The van der Waals surface area contributed by atoms with E-state index in [1.165, 1.54) is 6.08 Å². The van der Waals surface area contributed by atoms with Crippen molar-refractivity contribution in [3.63, 3.8) is 0 Å². The minimum atomic E-state index is -0.273. The van der Waals surface area contributed by atoms with Crippen molar-refractivity contribution in [2.75, 3.05) is 0 Å². The maximum Gasteiger partial charge on any atom is 0.143 e. The van der Waals surface area contributed by atoms with E-state index < -0.39 is 0 Å². The first kappa shape index (κ1) is 4.50. The smallest absolute Gasteiger partial charge is 0.143 e. The molecule has 0 bridgehead atoms. The fourth-order valence-corrected chi connectivity index (χ4v) is 0.557. The second-order valence-corrected chi connectivity index (χ2v) is 1.57. The van der Waals surface area contributed by atoms with Crippen LogP contribution in [-0.4, -0.2) is 5.78 Å². The molecular weight excluding hydrogens is 95.1 g/mol.